The maximum absolute atomic E-state index is 4.25. The molecule has 2 heterocycles. The van der Waals surface area contributed by atoms with Gasteiger partial charge in [-0.05, 0) is 71.9 Å². The van der Waals surface area contributed by atoms with Crippen LogP contribution in [0, 0.1) is 0 Å². The van der Waals surface area contributed by atoms with Crippen LogP contribution in [-0.2, 0) is 0 Å². The molecule has 0 aliphatic carbocycles. The predicted octanol–water partition coefficient (Wildman–Crippen LogP) is 7.27. The zero-order valence-electron chi connectivity index (χ0n) is 20.6. The van der Waals surface area contributed by atoms with Crippen molar-refractivity contribution in [3.8, 4) is 0 Å². The second-order valence-corrected chi connectivity index (χ2v) is 8.67. The van der Waals surface area contributed by atoms with Crippen molar-refractivity contribution >= 4 is 40.4 Å². The lowest BCUT2D eigenvalue weighted by Crippen LogP contribution is -2.56. The van der Waals surface area contributed by atoms with E-state index in [9.17, 15) is 0 Å². The highest BCUT2D eigenvalue weighted by Crippen LogP contribution is 2.43. The van der Waals surface area contributed by atoms with E-state index in [1.165, 1.54) is 27.8 Å². The van der Waals surface area contributed by atoms with Gasteiger partial charge in [-0.3, -0.25) is 0 Å². The van der Waals surface area contributed by atoms with Crippen LogP contribution in [0.25, 0.3) is 0 Å². The fourth-order valence-electron chi connectivity index (χ4n) is 5.37. The summed E-state index contributed by atoms with van der Waals surface area (Å²) in [7, 11) is 0. The minimum absolute atomic E-state index is 0.0844. The zero-order chi connectivity index (χ0) is 25.1. The molecule has 5 rings (SSSR count). The van der Waals surface area contributed by atoms with Gasteiger partial charge in [-0.2, -0.15) is 0 Å². The third kappa shape index (κ3) is 3.70. The van der Waals surface area contributed by atoms with E-state index in [2.05, 4.69) is 127 Å². The molecule has 0 N–H and O–H groups in total. The molecule has 2 aliphatic rings. The maximum atomic E-state index is 4.25. The number of hydrogen-bond donors (Lipinski definition) is 0. The Kier molecular flexibility index (Phi) is 6.47. The fourth-order valence-corrected chi connectivity index (χ4v) is 5.37. The second kappa shape index (κ2) is 10.0. The summed E-state index contributed by atoms with van der Waals surface area (Å²) < 4.78 is 0. The van der Waals surface area contributed by atoms with E-state index in [1.54, 1.807) is 6.08 Å². The van der Waals surface area contributed by atoms with Gasteiger partial charge in [0.1, 0.15) is 0 Å². The van der Waals surface area contributed by atoms with Crippen LogP contribution in [0.5, 0.6) is 0 Å². The van der Waals surface area contributed by atoms with Gasteiger partial charge in [-0.1, -0.05) is 92.6 Å². The highest BCUT2D eigenvalue weighted by Gasteiger charge is 2.42. The van der Waals surface area contributed by atoms with Crippen LogP contribution in [0.1, 0.15) is 6.92 Å². The quantitative estimate of drug-likeness (QED) is 0.268. The molecule has 2 nitrogen and oxygen atoms in total. The highest BCUT2D eigenvalue weighted by atomic mass is 15.2. The predicted molar refractivity (Wildman–Crippen MR) is 158 cm³/mol. The first-order valence-corrected chi connectivity index (χ1v) is 12.2. The Hall–Kier alpha value is -4.50. The molecule has 0 spiro atoms. The molecule has 0 saturated carbocycles. The van der Waals surface area contributed by atoms with Crippen LogP contribution < -0.4 is 20.7 Å². The lowest BCUT2D eigenvalue weighted by molar-refractivity contribution is 1.13. The molecule has 174 valence electrons. The molecule has 0 amide bonds. The lowest BCUT2D eigenvalue weighted by atomic mass is 9.33. The molecule has 3 aromatic rings. The van der Waals surface area contributed by atoms with Crippen molar-refractivity contribution < 1.29 is 0 Å². The summed E-state index contributed by atoms with van der Waals surface area (Å²) in [6.45, 7) is 14.3. The molecule has 3 heteroatoms. The number of fused-ring (bicyclic) bond motifs is 2. The van der Waals surface area contributed by atoms with E-state index >= 15 is 0 Å². The standard InChI is InChI=1S/C33H29BN2/c1-5-9-18-25(16-6-2)35-29(8-4)27(17-7-3)34-28-21-13-14-22-30(28)36(26-19-11-10-12-20-26)32-24-15-23-31(35)33(32)34/h5-24H,1-2,4H2,3H3/b17-7-,18-9-,25-16+. The van der Waals surface area contributed by atoms with Gasteiger partial charge < -0.3 is 9.80 Å². The summed E-state index contributed by atoms with van der Waals surface area (Å²) in [4.78, 5) is 4.67. The Morgan fingerprint density at radius 3 is 2.25 bits per heavy atom. The average Bonchev–Trinajstić information content (AvgIpc) is 2.92. The van der Waals surface area contributed by atoms with Crippen molar-refractivity contribution in [2.45, 2.75) is 6.92 Å². The van der Waals surface area contributed by atoms with Gasteiger partial charge in [0.2, 0.25) is 0 Å². The number of benzene rings is 3. The molecule has 0 bridgehead atoms. The van der Waals surface area contributed by atoms with Crippen molar-refractivity contribution in [2.75, 3.05) is 9.80 Å². The van der Waals surface area contributed by atoms with E-state index in [0.717, 1.165) is 22.8 Å². The normalized spacial score (nSPS) is 14.8. The minimum atomic E-state index is 0.0844. The summed E-state index contributed by atoms with van der Waals surface area (Å²) in [6.07, 6.45) is 16.0. The number of nitrogens with zero attached hydrogens (tertiary/aromatic N) is 2. The summed E-state index contributed by atoms with van der Waals surface area (Å²) in [5.41, 5.74) is 10.5. The van der Waals surface area contributed by atoms with Crippen LogP contribution >= 0.6 is 0 Å². The molecule has 2 aliphatic heterocycles. The van der Waals surface area contributed by atoms with Gasteiger partial charge in [0.25, 0.3) is 6.71 Å². The molecule has 0 atom stereocenters. The van der Waals surface area contributed by atoms with Gasteiger partial charge >= 0.3 is 0 Å². The third-order valence-corrected chi connectivity index (χ3v) is 6.67. The number of para-hydroxylation sites is 2. The Morgan fingerprint density at radius 2 is 1.53 bits per heavy atom. The number of hydrogen-bond acceptors (Lipinski definition) is 2. The summed E-state index contributed by atoms with van der Waals surface area (Å²) >= 11 is 0. The molecule has 0 unspecified atom stereocenters. The smallest absolute Gasteiger partial charge is 0.252 e. The third-order valence-electron chi connectivity index (χ3n) is 6.67. The topological polar surface area (TPSA) is 6.48 Å². The van der Waals surface area contributed by atoms with Crippen molar-refractivity contribution in [1.29, 1.82) is 0 Å². The van der Waals surface area contributed by atoms with E-state index in [-0.39, 0.29) is 6.71 Å². The maximum Gasteiger partial charge on any atom is 0.252 e. The monoisotopic (exact) mass is 464 g/mol. The first-order valence-electron chi connectivity index (χ1n) is 12.2. The van der Waals surface area contributed by atoms with Gasteiger partial charge in [-0.25, -0.2) is 0 Å². The Labute approximate surface area is 215 Å². The molecule has 0 fully saturated rings. The molecular formula is C33H29BN2. The Balaban J connectivity index is 1.89. The van der Waals surface area contributed by atoms with Crippen LogP contribution in [0.4, 0.5) is 22.7 Å². The molecule has 36 heavy (non-hydrogen) atoms. The number of allylic oxidation sites excluding steroid dienone is 9. The van der Waals surface area contributed by atoms with Crippen LogP contribution in [0.2, 0.25) is 0 Å². The summed E-state index contributed by atoms with van der Waals surface area (Å²) in [5, 5.41) is 0. The SMILES string of the molecule is C=C/C=C\C(=C/C=C)N1C(C=C)=C(/C=C\C)B2c3ccccc3N(c3ccccc3)c3cccc1c32. The van der Waals surface area contributed by atoms with E-state index in [1.807, 2.05) is 24.3 Å². The molecule has 3 aromatic carbocycles. The van der Waals surface area contributed by atoms with E-state index in [0.29, 0.717) is 0 Å². The Morgan fingerprint density at radius 1 is 0.806 bits per heavy atom. The van der Waals surface area contributed by atoms with Crippen molar-refractivity contribution in [3.05, 3.63) is 158 Å². The average molecular weight is 464 g/mol. The molecular weight excluding hydrogens is 435 g/mol. The van der Waals surface area contributed by atoms with Crippen molar-refractivity contribution in [2.24, 2.45) is 0 Å². The second-order valence-electron chi connectivity index (χ2n) is 8.67. The summed E-state index contributed by atoms with van der Waals surface area (Å²) in [6, 6.07) is 25.9. The van der Waals surface area contributed by atoms with Gasteiger partial charge in [-0.15, -0.1) is 0 Å². The number of rotatable bonds is 7. The fraction of sp³-hybridized carbons (Fsp3) is 0.0303. The van der Waals surface area contributed by atoms with E-state index < -0.39 is 0 Å². The van der Waals surface area contributed by atoms with Gasteiger partial charge in [0.15, 0.2) is 0 Å². The van der Waals surface area contributed by atoms with Gasteiger partial charge in [0.05, 0.1) is 0 Å². The molecule has 0 saturated heterocycles. The first-order chi connectivity index (χ1) is 17.7. The molecule has 0 aromatic heterocycles. The zero-order valence-corrected chi connectivity index (χ0v) is 20.6. The Bertz CT molecular complexity index is 1460. The van der Waals surface area contributed by atoms with Crippen LogP contribution in [0.15, 0.2) is 158 Å². The summed E-state index contributed by atoms with van der Waals surface area (Å²) in [5.74, 6) is 0. The largest absolute Gasteiger partial charge is 0.311 e. The van der Waals surface area contributed by atoms with Crippen molar-refractivity contribution in [3.63, 3.8) is 0 Å². The highest BCUT2D eigenvalue weighted by molar-refractivity contribution is 6.95. The minimum Gasteiger partial charge on any atom is -0.311 e. The van der Waals surface area contributed by atoms with Crippen LogP contribution in [0.3, 0.4) is 0 Å². The number of anilines is 4. The van der Waals surface area contributed by atoms with E-state index in [4.69, 9.17) is 0 Å². The molecule has 0 radical (unpaired) electrons. The van der Waals surface area contributed by atoms with Crippen LogP contribution in [-0.4, -0.2) is 6.71 Å². The first kappa shape index (κ1) is 23.3. The van der Waals surface area contributed by atoms with Gasteiger partial charge in [0, 0.05) is 34.1 Å². The lowest BCUT2D eigenvalue weighted by Gasteiger charge is -2.44. The van der Waals surface area contributed by atoms with Crippen molar-refractivity contribution in [1.82, 2.24) is 0 Å².